The van der Waals surface area contributed by atoms with E-state index in [1.165, 1.54) is 12.5 Å². The summed E-state index contributed by atoms with van der Waals surface area (Å²) >= 11 is 0. The van der Waals surface area contributed by atoms with Crippen molar-refractivity contribution in [2.45, 2.75) is 6.61 Å². The number of nitrogens with zero attached hydrogens (tertiary/aromatic N) is 3. The van der Waals surface area contributed by atoms with Crippen LogP contribution in [0.15, 0.2) is 42.9 Å². The predicted molar refractivity (Wildman–Crippen MR) is 57.5 cm³/mol. The van der Waals surface area contributed by atoms with Crippen molar-refractivity contribution in [3.63, 3.8) is 0 Å². The van der Waals surface area contributed by atoms with Crippen LogP contribution in [-0.4, -0.2) is 9.97 Å². The molecule has 0 saturated heterocycles. The van der Waals surface area contributed by atoms with Gasteiger partial charge in [-0.2, -0.15) is 5.26 Å². The van der Waals surface area contributed by atoms with Gasteiger partial charge < -0.3 is 4.74 Å². The van der Waals surface area contributed by atoms with Gasteiger partial charge in [-0.05, 0) is 5.56 Å². The molecule has 0 aliphatic heterocycles. The quantitative estimate of drug-likeness (QED) is 0.778. The van der Waals surface area contributed by atoms with Crippen LogP contribution in [0, 0.1) is 11.3 Å². The molecule has 0 amide bonds. The number of nitriles is 1. The molecule has 2 rings (SSSR count). The number of hydrogen-bond acceptors (Lipinski definition) is 4. The molecule has 4 heteroatoms. The Morgan fingerprint density at radius 1 is 1.25 bits per heavy atom. The zero-order valence-corrected chi connectivity index (χ0v) is 8.50. The summed E-state index contributed by atoms with van der Waals surface area (Å²) in [5.74, 6) is 0.321. The predicted octanol–water partition coefficient (Wildman–Crippen LogP) is 1.93. The number of aromatic nitrogens is 2. The smallest absolute Gasteiger partial charge is 0.235 e. The van der Waals surface area contributed by atoms with Crippen LogP contribution in [-0.2, 0) is 6.61 Å². The van der Waals surface area contributed by atoms with Crippen molar-refractivity contribution in [2.75, 3.05) is 0 Å². The molecule has 0 aliphatic rings. The van der Waals surface area contributed by atoms with Crippen molar-refractivity contribution in [1.29, 1.82) is 5.26 Å². The summed E-state index contributed by atoms with van der Waals surface area (Å²) in [7, 11) is 0. The van der Waals surface area contributed by atoms with Crippen molar-refractivity contribution in [2.24, 2.45) is 0 Å². The van der Waals surface area contributed by atoms with Crippen molar-refractivity contribution in [3.05, 3.63) is 54.0 Å². The molecule has 1 aromatic carbocycles. The van der Waals surface area contributed by atoms with E-state index in [0.717, 1.165) is 5.56 Å². The Morgan fingerprint density at radius 3 is 2.81 bits per heavy atom. The Kier molecular flexibility index (Phi) is 3.10. The van der Waals surface area contributed by atoms with Gasteiger partial charge >= 0.3 is 0 Å². The van der Waals surface area contributed by atoms with E-state index >= 15 is 0 Å². The van der Waals surface area contributed by atoms with Gasteiger partial charge in [-0.1, -0.05) is 30.3 Å². The molecule has 1 heterocycles. The van der Waals surface area contributed by atoms with Crippen LogP contribution in [0.3, 0.4) is 0 Å². The number of hydrogen-bond donors (Lipinski definition) is 0. The molecule has 2 aromatic rings. The molecule has 0 radical (unpaired) electrons. The summed E-state index contributed by atoms with van der Waals surface area (Å²) in [5, 5.41) is 8.81. The maximum atomic E-state index is 8.81. The second kappa shape index (κ2) is 4.89. The first-order chi connectivity index (χ1) is 7.90. The van der Waals surface area contributed by atoms with Crippen LogP contribution in [0.25, 0.3) is 0 Å². The Bertz CT molecular complexity index is 505. The fourth-order valence-corrected chi connectivity index (χ4v) is 1.24. The highest BCUT2D eigenvalue weighted by Crippen LogP contribution is 2.13. The van der Waals surface area contributed by atoms with E-state index in [4.69, 9.17) is 10.00 Å². The van der Waals surface area contributed by atoms with E-state index in [9.17, 15) is 0 Å². The highest BCUT2D eigenvalue weighted by Gasteiger charge is 2.03. The molecule has 0 aliphatic carbocycles. The van der Waals surface area contributed by atoms with Crippen molar-refractivity contribution in [3.8, 4) is 11.9 Å². The third-order valence-electron chi connectivity index (χ3n) is 2.01. The highest BCUT2D eigenvalue weighted by atomic mass is 16.5. The van der Waals surface area contributed by atoms with Crippen molar-refractivity contribution < 1.29 is 4.74 Å². The second-order valence-corrected chi connectivity index (χ2v) is 3.13. The number of ether oxygens (including phenoxy) is 1. The molecule has 0 bridgehead atoms. The van der Waals surface area contributed by atoms with E-state index in [-0.39, 0.29) is 0 Å². The normalized spacial score (nSPS) is 9.44. The first-order valence-corrected chi connectivity index (χ1v) is 4.77. The monoisotopic (exact) mass is 211 g/mol. The topological polar surface area (TPSA) is 58.8 Å². The fourth-order valence-electron chi connectivity index (χ4n) is 1.24. The Morgan fingerprint density at radius 2 is 2.06 bits per heavy atom. The number of benzene rings is 1. The van der Waals surface area contributed by atoms with Gasteiger partial charge in [0.05, 0.1) is 6.20 Å². The Hall–Kier alpha value is -2.41. The largest absolute Gasteiger partial charge is 0.472 e. The van der Waals surface area contributed by atoms with Gasteiger partial charge in [0.2, 0.25) is 5.88 Å². The van der Waals surface area contributed by atoms with Crippen LogP contribution >= 0.6 is 0 Å². The fraction of sp³-hybridized carbons (Fsp3) is 0.0833. The maximum Gasteiger partial charge on any atom is 0.235 e. The van der Waals surface area contributed by atoms with E-state index < -0.39 is 0 Å². The average molecular weight is 211 g/mol. The van der Waals surface area contributed by atoms with E-state index in [1.54, 1.807) is 0 Å². The molecular formula is C12H9N3O. The molecule has 0 unspecified atom stereocenters. The molecule has 16 heavy (non-hydrogen) atoms. The standard InChI is InChI=1S/C12H9N3O/c13-6-11-7-14-9-15-12(11)16-8-10-4-2-1-3-5-10/h1-5,7,9H,8H2. The lowest BCUT2D eigenvalue weighted by Crippen LogP contribution is -1.99. The lowest BCUT2D eigenvalue weighted by molar-refractivity contribution is 0.292. The van der Waals surface area contributed by atoms with Gasteiger partial charge in [0.15, 0.2) is 0 Å². The van der Waals surface area contributed by atoms with Crippen LogP contribution in [0.4, 0.5) is 0 Å². The van der Waals surface area contributed by atoms with Crippen LogP contribution in [0.2, 0.25) is 0 Å². The van der Waals surface area contributed by atoms with Crippen molar-refractivity contribution in [1.82, 2.24) is 9.97 Å². The minimum Gasteiger partial charge on any atom is -0.472 e. The van der Waals surface area contributed by atoms with Gasteiger partial charge in [0.1, 0.15) is 24.6 Å². The third kappa shape index (κ3) is 2.34. The maximum absolute atomic E-state index is 8.81. The molecule has 0 fully saturated rings. The molecule has 78 valence electrons. The summed E-state index contributed by atoms with van der Waals surface area (Å²) < 4.78 is 5.44. The molecule has 0 atom stereocenters. The Balaban J connectivity index is 2.09. The molecule has 0 N–H and O–H groups in total. The van der Waals surface area contributed by atoms with Gasteiger partial charge in [0, 0.05) is 0 Å². The van der Waals surface area contributed by atoms with E-state index in [1.807, 2.05) is 36.4 Å². The summed E-state index contributed by atoms with van der Waals surface area (Å²) in [5.41, 5.74) is 1.38. The molecule has 4 nitrogen and oxygen atoms in total. The van der Waals surface area contributed by atoms with Crippen LogP contribution in [0.5, 0.6) is 5.88 Å². The van der Waals surface area contributed by atoms with Gasteiger partial charge in [-0.15, -0.1) is 0 Å². The van der Waals surface area contributed by atoms with E-state index in [0.29, 0.717) is 18.1 Å². The lowest BCUT2D eigenvalue weighted by Gasteiger charge is -2.05. The summed E-state index contributed by atoms with van der Waals surface area (Å²) in [6.07, 6.45) is 2.80. The molecule has 0 saturated carbocycles. The Labute approximate surface area is 93.2 Å². The highest BCUT2D eigenvalue weighted by molar-refractivity contribution is 5.34. The zero-order chi connectivity index (χ0) is 11.2. The molecule has 0 spiro atoms. The van der Waals surface area contributed by atoms with Gasteiger partial charge in [-0.25, -0.2) is 9.97 Å². The van der Waals surface area contributed by atoms with Gasteiger partial charge in [-0.3, -0.25) is 0 Å². The minimum absolute atomic E-state index is 0.321. The first-order valence-electron chi connectivity index (χ1n) is 4.77. The summed E-state index contributed by atoms with van der Waals surface area (Å²) in [6.45, 7) is 0.395. The average Bonchev–Trinajstić information content (AvgIpc) is 2.38. The SMILES string of the molecule is N#Cc1cncnc1OCc1ccccc1. The second-order valence-electron chi connectivity index (χ2n) is 3.13. The zero-order valence-electron chi connectivity index (χ0n) is 8.50. The number of rotatable bonds is 3. The summed E-state index contributed by atoms with van der Waals surface area (Å²) in [4.78, 5) is 7.67. The minimum atomic E-state index is 0.321. The van der Waals surface area contributed by atoms with Crippen molar-refractivity contribution >= 4 is 0 Å². The third-order valence-corrected chi connectivity index (χ3v) is 2.01. The van der Waals surface area contributed by atoms with Crippen LogP contribution in [0.1, 0.15) is 11.1 Å². The molecular weight excluding hydrogens is 202 g/mol. The summed E-state index contributed by atoms with van der Waals surface area (Å²) in [6, 6.07) is 11.7. The first kappa shape index (κ1) is 10.1. The molecule has 1 aromatic heterocycles. The lowest BCUT2D eigenvalue weighted by atomic mass is 10.2. The van der Waals surface area contributed by atoms with Crippen LogP contribution < -0.4 is 4.74 Å². The van der Waals surface area contributed by atoms with E-state index in [2.05, 4.69) is 9.97 Å². The van der Waals surface area contributed by atoms with Gasteiger partial charge in [0.25, 0.3) is 0 Å².